The Labute approximate surface area is 277 Å². The van der Waals surface area contributed by atoms with Gasteiger partial charge in [0.05, 0.1) is 17.7 Å². The minimum atomic E-state index is -1.72. The Morgan fingerprint density at radius 3 is 2.38 bits per heavy atom. The van der Waals surface area contributed by atoms with Crippen molar-refractivity contribution < 1.29 is 44.5 Å². The number of rotatable bonds is 15. The van der Waals surface area contributed by atoms with Gasteiger partial charge < -0.3 is 49.8 Å². The van der Waals surface area contributed by atoms with E-state index >= 15 is 0 Å². The smallest absolute Gasteiger partial charge is 0.161 e. The first kappa shape index (κ1) is 34.4. The molecule has 1 aliphatic rings. The van der Waals surface area contributed by atoms with Crippen LogP contribution in [-0.2, 0) is 19.8 Å². The van der Waals surface area contributed by atoms with E-state index in [1.54, 1.807) is 24.5 Å². The molecule has 12 heteroatoms. The lowest BCUT2D eigenvalue weighted by molar-refractivity contribution is -0.114. The van der Waals surface area contributed by atoms with E-state index in [1.807, 2.05) is 49.4 Å². The van der Waals surface area contributed by atoms with Gasteiger partial charge in [-0.05, 0) is 53.4 Å². The Morgan fingerprint density at radius 2 is 1.62 bits per heavy atom. The van der Waals surface area contributed by atoms with Crippen LogP contribution in [0.2, 0.25) is 5.02 Å². The zero-order valence-corrected chi connectivity index (χ0v) is 26.6. The van der Waals surface area contributed by atoms with Gasteiger partial charge in [0, 0.05) is 42.7 Å². The fourth-order valence-corrected chi connectivity index (χ4v) is 5.40. The number of pyridine rings is 1. The van der Waals surface area contributed by atoms with E-state index in [0.29, 0.717) is 35.3 Å². The van der Waals surface area contributed by atoms with Crippen LogP contribution in [0.5, 0.6) is 23.0 Å². The average Bonchev–Trinajstić information content (AvgIpc) is 3.10. The van der Waals surface area contributed by atoms with Gasteiger partial charge in [0.2, 0.25) is 0 Å². The molecule has 0 radical (unpaired) electrons. The number of ether oxygens (including phenoxy) is 4. The summed E-state index contributed by atoms with van der Waals surface area (Å²) in [5.74, 6) is 2.35. The van der Waals surface area contributed by atoms with Crippen molar-refractivity contribution in [1.29, 1.82) is 0 Å². The van der Waals surface area contributed by atoms with Crippen LogP contribution in [0.1, 0.15) is 22.3 Å². The van der Waals surface area contributed by atoms with Crippen molar-refractivity contribution in [2.45, 2.75) is 51.1 Å². The zero-order valence-electron chi connectivity index (χ0n) is 25.9. The Kier molecular flexibility index (Phi) is 11.9. The van der Waals surface area contributed by atoms with Crippen LogP contribution in [0.25, 0.3) is 11.1 Å². The Balaban J connectivity index is 1.31. The van der Waals surface area contributed by atoms with Crippen LogP contribution in [0.4, 0.5) is 0 Å². The van der Waals surface area contributed by atoms with Crippen molar-refractivity contribution in [3.05, 3.63) is 100 Å². The number of fused-ring (bicyclic) bond motifs is 1. The molecular formula is C35H39ClN2O9. The minimum Gasteiger partial charge on any atom is -0.488 e. The standard InChI is InChI=1S/C35H39ClN2O9/c1-21-24(5-2-6-26(21)23-7-8-30-33(13-23)45-11-10-44-30)20-47-32-14-31(46-19-22-4-3-9-37-15-22)25(12-27(32)36)16-38-17-28(40)34(42)35(43)29(41)18-39/h2-9,12-15,28-29,34-35,38-43H,10-11,16-20H2,1H3. The summed E-state index contributed by atoms with van der Waals surface area (Å²) >= 11 is 6.69. The lowest BCUT2D eigenvalue weighted by Gasteiger charge is -2.26. The molecule has 1 aliphatic heterocycles. The summed E-state index contributed by atoms with van der Waals surface area (Å²) in [6.07, 6.45) is -3.03. The van der Waals surface area contributed by atoms with Gasteiger partial charge in [-0.15, -0.1) is 0 Å². The van der Waals surface area contributed by atoms with Gasteiger partial charge in [-0.1, -0.05) is 41.9 Å². The predicted octanol–water partition coefficient (Wildman–Crippen LogP) is 3.17. The van der Waals surface area contributed by atoms with E-state index in [1.165, 1.54) is 0 Å². The summed E-state index contributed by atoms with van der Waals surface area (Å²) in [5, 5.41) is 52.3. The Bertz CT molecular complexity index is 1620. The molecule has 6 N–H and O–H groups in total. The zero-order chi connectivity index (χ0) is 33.3. The summed E-state index contributed by atoms with van der Waals surface area (Å²) in [5.41, 5.74) is 5.57. The van der Waals surface area contributed by atoms with Gasteiger partial charge in [-0.2, -0.15) is 0 Å². The lowest BCUT2D eigenvalue weighted by atomic mass is 9.96. The van der Waals surface area contributed by atoms with E-state index in [2.05, 4.69) is 16.4 Å². The average molecular weight is 667 g/mol. The summed E-state index contributed by atoms with van der Waals surface area (Å²) in [7, 11) is 0. The Morgan fingerprint density at radius 1 is 0.851 bits per heavy atom. The van der Waals surface area contributed by atoms with Crippen LogP contribution in [0, 0.1) is 6.92 Å². The number of nitrogens with zero attached hydrogens (tertiary/aromatic N) is 1. The highest BCUT2D eigenvalue weighted by atomic mass is 35.5. The fraction of sp³-hybridized carbons (Fsp3) is 0.343. The van der Waals surface area contributed by atoms with E-state index in [0.717, 1.165) is 39.3 Å². The highest BCUT2D eigenvalue weighted by molar-refractivity contribution is 6.32. The summed E-state index contributed by atoms with van der Waals surface area (Å²) in [4.78, 5) is 4.13. The molecule has 0 bridgehead atoms. The molecule has 4 unspecified atom stereocenters. The summed E-state index contributed by atoms with van der Waals surface area (Å²) in [6.45, 7) is 2.85. The van der Waals surface area contributed by atoms with Gasteiger partial charge in [-0.3, -0.25) is 4.98 Å². The van der Waals surface area contributed by atoms with Crippen LogP contribution in [0.3, 0.4) is 0 Å². The van der Waals surface area contributed by atoms with Gasteiger partial charge >= 0.3 is 0 Å². The number of benzene rings is 3. The van der Waals surface area contributed by atoms with Crippen molar-refractivity contribution in [2.75, 3.05) is 26.4 Å². The lowest BCUT2D eigenvalue weighted by Crippen LogP contribution is -2.48. The first-order valence-corrected chi connectivity index (χ1v) is 15.6. The maximum atomic E-state index is 10.3. The van der Waals surface area contributed by atoms with Gasteiger partial charge in [0.1, 0.15) is 56.2 Å². The molecular weight excluding hydrogens is 628 g/mol. The van der Waals surface area contributed by atoms with E-state index in [-0.39, 0.29) is 26.3 Å². The topological polar surface area (TPSA) is 163 Å². The maximum Gasteiger partial charge on any atom is 0.161 e. The molecule has 0 spiro atoms. The molecule has 4 atom stereocenters. The predicted molar refractivity (Wildman–Crippen MR) is 175 cm³/mol. The molecule has 11 nitrogen and oxygen atoms in total. The number of aliphatic hydroxyl groups excluding tert-OH is 5. The first-order valence-electron chi connectivity index (χ1n) is 15.2. The van der Waals surface area contributed by atoms with Gasteiger partial charge in [0.15, 0.2) is 11.5 Å². The number of hydrogen-bond donors (Lipinski definition) is 6. The van der Waals surface area contributed by atoms with E-state index < -0.39 is 31.0 Å². The molecule has 0 saturated carbocycles. The van der Waals surface area contributed by atoms with E-state index in [9.17, 15) is 20.4 Å². The van der Waals surface area contributed by atoms with Crippen molar-refractivity contribution in [3.63, 3.8) is 0 Å². The van der Waals surface area contributed by atoms with Crippen LogP contribution >= 0.6 is 11.6 Å². The van der Waals surface area contributed by atoms with Crippen LogP contribution in [0.15, 0.2) is 73.1 Å². The third-order valence-electron chi connectivity index (χ3n) is 7.91. The third kappa shape index (κ3) is 8.70. The maximum absolute atomic E-state index is 10.3. The molecule has 250 valence electrons. The van der Waals surface area contributed by atoms with Crippen LogP contribution < -0.4 is 24.3 Å². The molecule has 4 aromatic rings. The second-order valence-electron chi connectivity index (χ2n) is 11.2. The summed E-state index contributed by atoms with van der Waals surface area (Å²) in [6, 6.07) is 19.1. The SMILES string of the molecule is Cc1c(COc2cc(OCc3cccnc3)c(CNCC(O)C(O)C(O)C(O)CO)cc2Cl)cccc1-c1ccc2c(c1)OCCO2. The highest BCUT2D eigenvalue weighted by Gasteiger charge is 2.29. The molecule has 47 heavy (non-hydrogen) atoms. The molecule has 0 fully saturated rings. The molecule has 0 aliphatic carbocycles. The number of aliphatic hydroxyl groups is 5. The molecule has 0 amide bonds. The van der Waals surface area contributed by atoms with Gasteiger partial charge in [0.25, 0.3) is 0 Å². The highest BCUT2D eigenvalue weighted by Crippen LogP contribution is 2.37. The summed E-state index contributed by atoms with van der Waals surface area (Å²) < 4.78 is 23.8. The first-order chi connectivity index (χ1) is 22.7. The fourth-order valence-electron chi connectivity index (χ4n) is 5.16. The van der Waals surface area contributed by atoms with Gasteiger partial charge in [-0.25, -0.2) is 0 Å². The second-order valence-corrected chi connectivity index (χ2v) is 11.6. The quantitative estimate of drug-likeness (QED) is 0.111. The molecule has 5 rings (SSSR count). The van der Waals surface area contributed by atoms with Crippen molar-refractivity contribution in [3.8, 4) is 34.1 Å². The number of nitrogens with one attached hydrogen (secondary N) is 1. The monoisotopic (exact) mass is 666 g/mol. The largest absolute Gasteiger partial charge is 0.488 e. The number of halogens is 1. The van der Waals surface area contributed by atoms with E-state index in [4.69, 9.17) is 35.7 Å². The molecule has 2 heterocycles. The molecule has 1 aromatic heterocycles. The Hall–Kier alpha value is -3.94. The molecule has 3 aromatic carbocycles. The van der Waals surface area contributed by atoms with Crippen molar-refractivity contribution in [1.82, 2.24) is 10.3 Å². The van der Waals surface area contributed by atoms with Crippen molar-refractivity contribution >= 4 is 11.6 Å². The number of hydrogen-bond acceptors (Lipinski definition) is 11. The second kappa shape index (κ2) is 16.2. The molecule has 0 saturated heterocycles. The third-order valence-corrected chi connectivity index (χ3v) is 8.20. The normalized spacial score (nSPS) is 15.0. The minimum absolute atomic E-state index is 0.132. The van der Waals surface area contributed by atoms with Crippen molar-refractivity contribution in [2.24, 2.45) is 0 Å². The number of aromatic nitrogens is 1. The van der Waals surface area contributed by atoms with Crippen LogP contribution in [-0.4, -0.2) is 81.3 Å².